The summed E-state index contributed by atoms with van der Waals surface area (Å²) < 4.78 is 12.9. The molecule has 0 atom stereocenters. The van der Waals surface area contributed by atoms with E-state index in [0.29, 0.717) is 32.0 Å². The maximum Gasteiger partial charge on any atom is 0.221 e. The summed E-state index contributed by atoms with van der Waals surface area (Å²) in [6, 6.07) is 6.84. The quantitative estimate of drug-likeness (QED) is 0.778. The minimum Gasteiger partial charge on any atom is -0.356 e. The molecule has 0 spiro atoms. The Hall–Kier alpha value is -1.42. The number of nitrogens with one attached hydrogen (secondary N) is 2. The molecule has 0 radical (unpaired) electrons. The Kier molecular flexibility index (Phi) is 6.36. The third-order valence-corrected chi connectivity index (χ3v) is 2.53. The number of carbonyl (C=O) groups excluding carboxylic acids is 1. The van der Waals surface area contributed by atoms with E-state index in [1.54, 1.807) is 6.07 Å². The van der Waals surface area contributed by atoms with Crippen LogP contribution in [0.25, 0.3) is 0 Å². The fourth-order valence-corrected chi connectivity index (χ4v) is 1.60. The molecule has 0 heterocycles. The molecule has 2 N–H and O–H groups in total. The van der Waals surface area contributed by atoms with E-state index in [2.05, 4.69) is 10.6 Å². The lowest BCUT2D eigenvalue weighted by molar-refractivity contribution is -0.120. The molecule has 0 unspecified atom stereocenters. The molecular formula is C14H21FN2O. The van der Waals surface area contributed by atoms with Gasteiger partial charge in [0.1, 0.15) is 5.82 Å². The molecule has 0 saturated carbocycles. The molecule has 1 amide bonds. The van der Waals surface area contributed by atoms with Gasteiger partial charge in [-0.2, -0.15) is 0 Å². The van der Waals surface area contributed by atoms with Crippen molar-refractivity contribution in [3.8, 4) is 0 Å². The minimum atomic E-state index is -0.236. The number of amides is 1. The van der Waals surface area contributed by atoms with Crippen LogP contribution in [0.3, 0.4) is 0 Å². The first kappa shape index (κ1) is 14.6. The van der Waals surface area contributed by atoms with Gasteiger partial charge in [-0.05, 0) is 24.1 Å². The summed E-state index contributed by atoms with van der Waals surface area (Å²) in [5.41, 5.74) is 0.899. The fourth-order valence-electron chi connectivity index (χ4n) is 1.60. The normalized spacial score (nSPS) is 10.7. The van der Waals surface area contributed by atoms with Crippen LogP contribution < -0.4 is 10.6 Å². The summed E-state index contributed by atoms with van der Waals surface area (Å²) in [4.78, 5) is 11.5. The Morgan fingerprint density at radius 1 is 1.33 bits per heavy atom. The van der Waals surface area contributed by atoms with Gasteiger partial charge in [-0.3, -0.25) is 4.79 Å². The molecule has 0 aliphatic heterocycles. The molecule has 0 fully saturated rings. The van der Waals surface area contributed by atoms with Crippen molar-refractivity contribution < 1.29 is 9.18 Å². The van der Waals surface area contributed by atoms with Crippen molar-refractivity contribution in [3.63, 3.8) is 0 Å². The Balaban J connectivity index is 2.15. The molecule has 18 heavy (non-hydrogen) atoms. The first-order chi connectivity index (χ1) is 8.58. The molecule has 4 heteroatoms. The second-order valence-electron chi connectivity index (χ2n) is 4.59. The van der Waals surface area contributed by atoms with Crippen LogP contribution >= 0.6 is 0 Å². The number of benzene rings is 1. The lowest BCUT2D eigenvalue weighted by Gasteiger charge is -2.08. The summed E-state index contributed by atoms with van der Waals surface area (Å²) in [5.74, 6) is -0.209. The van der Waals surface area contributed by atoms with E-state index in [4.69, 9.17) is 0 Å². The van der Waals surface area contributed by atoms with Crippen LogP contribution in [0.15, 0.2) is 24.3 Å². The highest BCUT2D eigenvalue weighted by molar-refractivity contribution is 5.76. The average Bonchev–Trinajstić information content (AvgIpc) is 2.28. The predicted molar refractivity (Wildman–Crippen MR) is 70.9 cm³/mol. The van der Waals surface area contributed by atoms with Gasteiger partial charge in [-0.1, -0.05) is 26.0 Å². The predicted octanol–water partition coefficient (Wildman–Crippen LogP) is 1.87. The first-order valence-electron chi connectivity index (χ1n) is 6.32. The zero-order chi connectivity index (χ0) is 13.4. The van der Waals surface area contributed by atoms with E-state index in [9.17, 15) is 9.18 Å². The molecule has 3 nitrogen and oxygen atoms in total. The molecule has 1 rings (SSSR count). The highest BCUT2D eigenvalue weighted by Crippen LogP contribution is 2.03. The van der Waals surface area contributed by atoms with E-state index >= 15 is 0 Å². The molecule has 0 aliphatic carbocycles. The van der Waals surface area contributed by atoms with Gasteiger partial charge < -0.3 is 10.6 Å². The van der Waals surface area contributed by atoms with E-state index in [0.717, 1.165) is 5.56 Å². The van der Waals surface area contributed by atoms with Gasteiger partial charge in [0.05, 0.1) is 0 Å². The lowest BCUT2D eigenvalue weighted by atomic mass is 10.1. The number of hydrogen-bond acceptors (Lipinski definition) is 2. The fraction of sp³-hybridized carbons (Fsp3) is 0.500. The van der Waals surface area contributed by atoms with Crippen molar-refractivity contribution in [1.82, 2.24) is 10.6 Å². The van der Waals surface area contributed by atoms with Gasteiger partial charge in [0.15, 0.2) is 0 Å². The molecule has 100 valence electrons. The van der Waals surface area contributed by atoms with Crippen LogP contribution in [-0.4, -0.2) is 25.0 Å². The van der Waals surface area contributed by atoms with Crippen LogP contribution in [0.2, 0.25) is 0 Å². The van der Waals surface area contributed by atoms with E-state index in [1.807, 2.05) is 19.9 Å². The Morgan fingerprint density at radius 3 is 2.78 bits per heavy atom. The SMILES string of the molecule is CC(C)NCCC(=O)NCCc1cccc(F)c1. The van der Waals surface area contributed by atoms with E-state index in [-0.39, 0.29) is 11.7 Å². The van der Waals surface area contributed by atoms with Crippen LogP contribution in [0.5, 0.6) is 0 Å². The van der Waals surface area contributed by atoms with Crippen molar-refractivity contribution in [3.05, 3.63) is 35.6 Å². The maximum absolute atomic E-state index is 12.9. The van der Waals surface area contributed by atoms with Crippen LogP contribution in [0.4, 0.5) is 4.39 Å². The zero-order valence-corrected chi connectivity index (χ0v) is 11.0. The number of rotatable bonds is 7. The second-order valence-corrected chi connectivity index (χ2v) is 4.59. The molecule has 1 aromatic rings. The monoisotopic (exact) mass is 252 g/mol. The highest BCUT2D eigenvalue weighted by Gasteiger charge is 2.01. The number of hydrogen-bond donors (Lipinski definition) is 2. The third-order valence-electron chi connectivity index (χ3n) is 2.53. The van der Waals surface area contributed by atoms with Gasteiger partial charge >= 0.3 is 0 Å². The van der Waals surface area contributed by atoms with Crippen molar-refractivity contribution in [1.29, 1.82) is 0 Å². The first-order valence-corrected chi connectivity index (χ1v) is 6.32. The summed E-state index contributed by atoms with van der Waals surface area (Å²) in [6.07, 6.45) is 1.13. The topological polar surface area (TPSA) is 41.1 Å². The van der Waals surface area contributed by atoms with E-state index < -0.39 is 0 Å². The van der Waals surface area contributed by atoms with Gasteiger partial charge in [0, 0.05) is 25.6 Å². The Labute approximate surface area is 108 Å². The Morgan fingerprint density at radius 2 is 2.11 bits per heavy atom. The molecular weight excluding hydrogens is 231 g/mol. The van der Waals surface area contributed by atoms with Crippen molar-refractivity contribution >= 4 is 5.91 Å². The van der Waals surface area contributed by atoms with Crippen LogP contribution in [0, 0.1) is 5.82 Å². The van der Waals surface area contributed by atoms with Gasteiger partial charge in [0.2, 0.25) is 5.91 Å². The second kappa shape index (κ2) is 7.82. The highest BCUT2D eigenvalue weighted by atomic mass is 19.1. The van der Waals surface area contributed by atoms with Gasteiger partial charge in [0.25, 0.3) is 0 Å². The van der Waals surface area contributed by atoms with Crippen LogP contribution in [-0.2, 0) is 11.2 Å². The smallest absolute Gasteiger partial charge is 0.221 e. The Bertz CT molecular complexity index is 380. The van der Waals surface area contributed by atoms with Gasteiger partial charge in [-0.25, -0.2) is 4.39 Å². The summed E-state index contributed by atoms with van der Waals surface area (Å²) in [6.45, 7) is 5.32. The number of halogens is 1. The molecule has 0 aromatic heterocycles. The number of carbonyl (C=O) groups is 1. The summed E-state index contributed by atoms with van der Waals surface area (Å²) >= 11 is 0. The minimum absolute atomic E-state index is 0.0274. The lowest BCUT2D eigenvalue weighted by Crippen LogP contribution is -2.31. The van der Waals surface area contributed by atoms with Crippen LogP contribution in [0.1, 0.15) is 25.8 Å². The molecule has 0 bridgehead atoms. The van der Waals surface area contributed by atoms with E-state index in [1.165, 1.54) is 12.1 Å². The molecule has 0 aliphatic rings. The van der Waals surface area contributed by atoms with Crippen molar-refractivity contribution in [2.45, 2.75) is 32.7 Å². The van der Waals surface area contributed by atoms with Gasteiger partial charge in [-0.15, -0.1) is 0 Å². The zero-order valence-electron chi connectivity index (χ0n) is 11.0. The average molecular weight is 252 g/mol. The largest absolute Gasteiger partial charge is 0.356 e. The maximum atomic E-state index is 12.9. The molecule has 1 aromatic carbocycles. The summed E-state index contributed by atoms with van der Waals surface area (Å²) in [7, 11) is 0. The van der Waals surface area contributed by atoms with Crippen molar-refractivity contribution in [2.75, 3.05) is 13.1 Å². The summed E-state index contributed by atoms with van der Waals surface area (Å²) in [5, 5.41) is 6.00. The standard InChI is InChI=1S/C14H21FN2O/c1-11(2)16-9-7-14(18)17-8-6-12-4-3-5-13(15)10-12/h3-5,10-11,16H,6-9H2,1-2H3,(H,17,18). The van der Waals surface area contributed by atoms with Crippen molar-refractivity contribution in [2.24, 2.45) is 0 Å². The molecule has 0 saturated heterocycles. The third kappa shape index (κ3) is 6.35.